The van der Waals surface area contributed by atoms with Crippen molar-refractivity contribution in [2.24, 2.45) is 0 Å². The number of thioether (sulfide) groups is 1. The van der Waals surface area contributed by atoms with E-state index in [-0.39, 0.29) is 16.7 Å². The van der Waals surface area contributed by atoms with Crippen molar-refractivity contribution in [1.82, 2.24) is 14.6 Å². The Kier molecular flexibility index (Phi) is 4.72. The molecule has 8 heteroatoms. The minimum absolute atomic E-state index is 0.0363. The Bertz CT molecular complexity index is 1180. The normalized spacial score (nSPS) is 11.2. The number of pyridine rings is 1. The highest BCUT2D eigenvalue weighted by Gasteiger charge is 2.14. The largest absolute Gasteiger partial charge is 0.325 e. The van der Waals surface area contributed by atoms with E-state index >= 15 is 0 Å². The average Bonchev–Trinajstić information content (AvgIpc) is 3.08. The number of nitrogens with one attached hydrogen (secondary N) is 1. The molecule has 0 aliphatic rings. The lowest BCUT2D eigenvalue weighted by Crippen LogP contribution is -2.14. The third kappa shape index (κ3) is 3.48. The third-order valence-corrected chi connectivity index (χ3v) is 5.29. The number of nitrogens with zero attached hydrogens (tertiary/aromatic N) is 3. The number of amides is 1. The highest BCUT2D eigenvalue weighted by atomic mass is 35.5. The number of halogens is 2. The van der Waals surface area contributed by atoms with E-state index < -0.39 is 5.82 Å². The van der Waals surface area contributed by atoms with Gasteiger partial charge in [0.2, 0.25) is 5.91 Å². The molecule has 0 spiro atoms. The first-order valence-electron chi connectivity index (χ1n) is 8.14. The molecule has 2 aromatic heterocycles. The van der Waals surface area contributed by atoms with Crippen LogP contribution in [0.2, 0.25) is 5.02 Å². The van der Waals surface area contributed by atoms with E-state index in [1.807, 2.05) is 35.6 Å². The monoisotopic (exact) mass is 400 g/mol. The van der Waals surface area contributed by atoms with Crippen molar-refractivity contribution >= 4 is 51.5 Å². The van der Waals surface area contributed by atoms with Crippen molar-refractivity contribution in [3.8, 4) is 0 Å². The number of anilines is 1. The number of rotatable bonds is 4. The molecule has 4 rings (SSSR count). The van der Waals surface area contributed by atoms with Gasteiger partial charge < -0.3 is 5.32 Å². The number of hydrogen-bond donors (Lipinski definition) is 1. The minimum Gasteiger partial charge on any atom is -0.325 e. The fourth-order valence-electron chi connectivity index (χ4n) is 2.85. The zero-order chi connectivity index (χ0) is 19.0. The number of hydrogen-bond acceptors (Lipinski definition) is 4. The van der Waals surface area contributed by atoms with E-state index in [1.54, 1.807) is 0 Å². The van der Waals surface area contributed by atoms with E-state index in [9.17, 15) is 9.18 Å². The standard InChI is InChI=1S/C19H14ClFN4OS/c1-11-8-12-4-2-3-5-16(12)25-18(11)23-24-19(25)27-10-17(26)22-13-6-7-15(21)14(20)9-13/h2-9H,10H2,1H3,(H,22,26). The highest BCUT2D eigenvalue weighted by Crippen LogP contribution is 2.26. The van der Waals surface area contributed by atoms with E-state index in [2.05, 4.69) is 21.6 Å². The second-order valence-electron chi connectivity index (χ2n) is 5.99. The first kappa shape index (κ1) is 17.8. The average molecular weight is 401 g/mol. The van der Waals surface area contributed by atoms with Crippen LogP contribution < -0.4 is 5.32 Å². The molecule has 2 heterocycles. The number of benzene rings is 2. The fourth-order valence-corrected chi connectivity index (χ4v) is 3.77. The number of carbonyl (C=O) groups is 1. The molecule has 0 bridgehead atoms. The summed E-state index contributed by atoms with van der Waals surface area (Å²) in [6, 6.07) is 14.1. The van der Waals surface area contributed by atoms with Gasteiger partial charge in [0.25, 0.3) is 0 Å². The van der Waals surface area contributed by atoms with Crippen molar-refractivity contribution in [1.29, 1.82) is 0 Å². The number of carbonyl (C=O) groups excluding carboxylic acids is 1. The molecular weight excluding hydrogens is 387 g/mol. The predicted molar refractivity (Wildman–Crippen MR) is 106 cm³/mol. The Morgan fingerprint density at radius 3 is 2.85 bits per heavy atom. The van der Waals surface area contributed by atoms with Crippen molar-refractivity contribution < 1.29 is 9.18 Å². The second-order valence-corrected chi connectivity index (χ2v) is 7.34. The Hall–Kier alpha value is -2.64. The summed E-state index contributed by atoms with van der Waals surface area (Å²) in [4.78, 5) is 12.2. The molecule has 0 saturated heterocycles. The minimum atomic E-state index is -0.527. The molecular formula is C19H14ClFN4OS. The van der Waals surface area contributed by atoms with Crippen LogP contribution in [0.5, 0.6) is 0 Å². The summed E-state index contributed by atoms with van der Waals surface area (Å²) in [5.74, 6) is -0.629. The maximum absolute atomic E-state index is 13.2. The maximum atomic E-state index is 13.2. The van der Waals surface area contributed by atoms with Crippen LogP contribution in [-0.4, -0.2) is 26.3 Å². The molecule has 0 fully saturated rings. The summed E-state index contributed by atoms with van der Waals surface area (Å²) in [6.45, 7) is 1.98. The summed E-state index contributed by atoms with van der Waals surface area (Å²) in [5.41, 5.74) is 3.20. The second kappa shape index (κ2) is 7.17. The first-order valence-corrected chi connectivity index (χ1v) is 9.50. The number of fused-ring (bicyclic) bond motifs is 3. The van der Waals surface area contributed by atoms with Crippen LogP contribution in [0.3, 0.4) is 0 Å². The van der Waals surface area contributed by atoms with Crippen molar-refractivity contribution in [2.45, 2.75) is 12.1 Å². The zero-order valence-corrected chi connectivity index (χ0v) is 15.8. The Labute approximate surface area is 163 Å². The summed E-state index contributed by atoms with van der Waals surface area (Å²) in [6.07, 6.45) is 0. The lowest BCUT2D eigenvalue weighted by Gasteiger charge is -2.07. The van der Waals surface area contributed by atoms with Crippen molar-refractivity contribution in [3.05, 3.63) is 64.9 Å². The molecule has 27 heavy (non-hydrogen) atoms. The van der Waals surface area contributed by atoms with Gasteiger partial charge in [0.1, 0.15) is 5.82 Å². The number of aromatic nitrogens is 3. The van der Waals surface area contributed by atoms with Gasteiger partial charge in [-0.1, -0.05) is 41.6 Å². The van der Waals surface area contributed by atoms with E-state index in [0.717, 1.165) is 22.1 Å². The van der Waals surface area contributed by atoms with Crippen LogP contribution in [0.1, 0.15) is 5.56 Å². The smallest absolute Gasteiger partial charge is 0.234 e. The molecule has 0 saturated carbocycles. The summed E-state index contributed by atoms with van der Waals surface area (Å²) in [7, 11) is 0. The Morgan fingerprint density at radius 1 is 1.22 bits per heavy atom. The highest BCUT2D eigenvalue weighted by molar-refractivity contribution is 7.99. The van der Waals surface area contributed by atoms with Crippen LogP contribution in [0.15, 0.2) is 53.7 Å². The van der Waals surface area contributed by atoms with E-state index in [1.165, 1.54) is 30.0 Å². The van der Waals surface area contributed by atoms with Gasteiger partial charge in [-0.25, -0.2) is 4.39 Å². The van der Waals surface area contributed by atoms with Crippen LogP contribution in [0, 0.1) is 12.7 Å². The molecule has 4 aromatic rings. The lowest BCUT2D eigenvalue weighted by atomic mass is 10.1. The fraction of sp³-hybridized carbons (Fsp3) is 0.105. The summed E-state index contributed by atoms with van der Waals surface area (Å²) >= 11 is 7.02. The Morgan fingerprint density at radius 2 is 2.04 bits per heavy atom. The van der Waals surface area contributed by atoms with Gasteiger partial charge in [0, 0.05) is 5.69 Å². The molecule has 1 amide bonds. The molecule has 2 aromatic carbocycles. The Balaban J connectivity index is 1.57. The van der Waals surface area contributed by atoms with Gasteiger partial charge in [-0.05, 0) is 48.2 Å². The van der Waals surface area contributed by atoms with Gasteiger partial charge in [0.15, 0.2) is 10.8 Å². The van der Waals surface area contributed by atoms with Gasteiger partial charge in [-0.3, -0.25) is 9.20 Å². The summed E-state index contributed by atoms with van der Waals surface area (Å²) < 4.78 is 15.2. The predicted octanol–water partition coefficient (Wildman–Crippen LogP) is 4.71. The van der Waals surface area contributed by atoms with Crippen LogP contribution in [0.4, 0.5) is 10.1 Å². The maximum Gasteiger partial charge on any atom is 0.234 e. The lowest BCUT2D eigenvalue weighted by molar-refractivity contribution is -0.113. The number of para-hydroxylation sites is 1. The van der Waals surface area contributed by atoms with Crippen LogP contribution in [-0.2, 0) is 4.79 Å². The van der Waals surface area contributed by atoms with Crippen molar-refractivity contribution in [2.75, 3.05) is 11.1 Å². The SMILES string of the molecule is Cc1cc2ccccc2n2c(SCC(=O)Nc3ccc(F)c(Cl)c3)nnc12. The molecule has 1 N–H and O–H groups in total. The molecule has 0 unspecified atom stereocenters. The quantitative estimate of drug-likeness (QED) is 0.504. The van der Waals surface area contributed by atoms with Gasteiger partial charge in [-0.2, -0.15) is 0 Å². The summed E-state index contributed by atoms with van der Waals surface area (Å²) in [5, 5.41) is 12.9. The van der Waals surface area contributed by atoms with Gasteiger partial charge >= 0.3 is 0 Å². The number of aryl methyl sites for hydroxylation is 1. The molecule has 0 aliphatic carbocycles. The molecule has 0 aliphatic heterocycles. The van der Waals surface area contributed by atoms with E-state index in [4.69, 9.17) is 11.6 Å². The van der Waals surface area contributed by atoms with Crippen LogP contribution >= 0.6 is 23.4 Å². The van der Waals surface area contributed by atoms with Crippen molar-refractivity contribution in [3.63, 3.8) is 0 Å². The zero-order valence-electron chi connectivity index (χ0n) is 14.2. The molecule has 0 radical (unpaired) electrons. The van der Waals surface area contributed by atoms with Gasteiger partial charge in [-0.15, -0.1) is 10.2 Å². The van der Waals surface area contributed by atoms with E-state index in [0.29, 0.717) is 10.8 Å². The van der Waals surface area contributed by atoms with Gasteiger partial charge in [0.05, 0.1) is 16.3 Å². The molecule has 0 atom stereocenters. The first-order chi connectivity index (χ1) is 13.0. The third-order valence-electron chi connectivity index (χ3n) is 4.07. The molecule has 5 nitrogen and oxygen atoms in total. The molecule has 136 valence electrons. The van der Waals surface area contributed by atoms with Crippen LogP contribution in [0.25, 0.3) is 16.6 Å². The topological polar surface area (TPSA) is 59.3 Å².